The van der Waals surface area contributed by atoms with Gasteiger partial charge in [-0.2, -0.15) is 5.10 Å². The van der Waals surface area contributed by atoms with Gasteiger partial charge in [0.1, 0.15) is 5.52 Å². The molecule has 6 rings (SSSR count). The molecule has 0 fully saturated rings. The fourth-order valence-electron chi connectivity index (χ4n) is 4.15. The van der Waals surface area contributed by atoms with Gasteiger partial charge in [-0.3, -0.25) is 9.78 Å². The van der Waals surface area contributed by atoms with Crippen LogP contribution in [0.15, 0.2) is 67.1 Å². The summed E-state index contributed by atoms with van der Waals surface area (Å²) in [6, 6.07) is 15.2. The Morgan fingerprint density at radius 2 is 2.00 bits per heavy atom. The van der Waals surface area contributed by atoms with Crippen molar-refractivity contribution in [1.82, 2.24) is 40.2 Å². The minimum Gasteiger partial charge on any atom is -0.349 e. The molecule has 0 saturated heterocycles. The van der Waals surface area contributed by atoms with Crippen molar-refractivity contribution in [3.05, 3.63) is 89.8 Å². The average Bonchev–Trinajstić information content (AvgIpc) is 3.45. The number of hydrogen-bond donors (Lipinski definition) is 1. The number of aromatic nitrogens is 7. The highest BCUT2D eigenvalue weighted by Gasteiger charge is 2.22. The van der Waals surface area contributed by atoms with Crippen LogP contribution in [0.5, 0.6) is 5.88 Å². The molecule has 5 heterocycles. The molecule has 1 amide bonds. The van der Waals surface area contributed by atoms with Crippen molar-refractivity contribution in [3.8, 4) is 11.6 Å². The largest absolute Gasteiger partial charge is 0.349 e. The number of aryl methyl sites for hydroxylation is 1. The molecule has 10 nitrogen and oxygen atoms in total. The summed E-state index contributed by atoms with van der Waals surface area (Å²) in [4.78, 5) is 29.2. The molecular weight excluding hydrogens is 432 g/mol. The first-order valence-electron chi connectivity index (χ1n) is 10.9. The summed E-state index contributed by atoms with van der Waals surface area (Å²) in [5.41, 5.74) is 4.58. The normalized spacial score (nSPS) is 15.8. The van der Waals surface area contributed by atoms with E-state index in [9.17, 15) is 4.79 Å². The molecule has 1 N–H and O–H groups in total. The quantitative estimate of drug-likeness (QED) is 0.438. The Labute approximate surface area is 194 Å². The molecule has 34 heavy (non-hydrogen) atoms. The van der Waals surface area contributed by atoms with Gasteiger partial charge in [-0.25, -0.2) is 9.67 Å². The summed E-state index contributed by atoms with van der Waals surface area (Å²) in [6.07, 6.45) is 5.73. The first-order chi connectivity index (χ1) is 16.6. The molecule has 4 aromatic heterocycles. The second kappa shape index (κ2) is 8.07. The molecule has 4 bridgehead atoms. The molecule has 5 aromatic rings. The maximum Gasteiger partial charge on any atom is 0.275 e. The first-order valence-corrected chi connectivity index (χ1v) is 10.9. The SMILES string of the molecule is Cc1cc(-n2ncc3cc4nc(c32)On2cc(nn2)CC(c2ccccc2)NC(=O)C4)ccn1. The van der Waals surface area contributed by atoms with Crippen molar-refractivity contribution in [2.45, 2.75) is 25.8 Å². The van der Waals surface area contributed by atoms with Gasteiger partial charge in [0.2, 0.25) is 5.91 Å². The summed E-state index contributed by atoms with van der Waals surface area (Å²) >= 11 is 0. The average molecular weight is 452 g/mol. The van der Waals surface area contributed by atoms with Crippen LogP contribution in [-0.2, 0) is 17.6 Å². The van der Waals surface area contributed by atoms with Gasteiger partial charge in [0.15, 0.2) is 0 Å². The Bertz CT molecular complexity index is 1510. The molecule has 0 saturated carbocycles. The molecular formula is C24H20N8O2. The summed E-state index contributed by atoms with van der Waals surface area (Å²) in [7, 11) is 0. The summed E-state index contributed by atoms with van der Waals surface area (Å²) in [5.74, 6) is 0.140. The van der Waals surface area contributed by atoms with Gasteiger partial charge >= 0.3 is 0 Å². The van der Waals surface area contributed by atoms with E-state index in [1.54, 1.807) is 23.3 Å². The molecule has 1 aliphatic rings. The van der Waals surface area contributed by atoms with Crippen molar-refractivity contribution < 1.29 is 9.63 Å². The molecule has 1 aliphatic heterocycles. The smallest absolute Gasteiger partial charge is 0.275 e. The zero-order valence-electron chi connectivity index (χ0n) is 18.3. The van der Waals surface area contributed by atoms with Gasteiger partial charge in [-0.1, -0.05) is 35.2 Å². The predicted molar refractivity (Wildman–Crippen MR) is 122 cm³/mol. The summed E-state index contributed by atoms with van der Waals surface area (Å²) in [5, 5.41) is 16.8. The third-order valence-corrected chi connectivity index (χ3v) is 5.69. The number of amides is 1. The molecule has 0 radical (unpaired) electrons. The third kappa shape index (κ3) is 3.75. The Morgan fingerprint density at radius 3 is 2.85 bits per heavy atom. The number of pyridine rings is 2. The van der Waals surface area contributed by atoms with E-state index in [1.165, 1.54) is 4.85 Å². The monoisotopic (exact) mass is 452 g/mol. The van der Waals surface area contributed by atoms with Crippen molar-refractivity contribution in [1.29, 1.82) is 0 Å². The van der Waals surface area contributed by atoms with E-state index in [0.29, 0.717) is 23.3 Å². The lowest BCUT2D eigenvalue weighted by Crippen LogP contribution is -2.31. The number of carbonyl (C=O) groups is 1. The number of rotatable bonds is 2. The lowest BCUT2D eigenvalue weighted by molar-refractivity contribution is -0.121. The van der Waals surface area contributed by atoms with E-state index in [4.69, 9.17) is 4.84 Å². The van der Waals surface area contributed by atoms with Gasteiger partial charge in [0.05, 0.1) is 41.9 Å². The van der Waals surface area contributed by atoms with E-state index in [0.717, 1.165) is 22.3 Å². The fraction of sp³-hybridized carbons (Fsp3) is 0.167. The Kier molecular flexibility index (Phi) is 4.76. The van der Waals surface area contributed by atoms with Crippen molar-refractivity contribution in [2.75, 3.05) is 0 Å². The number of carbonyl (C=O) groups excluding carboxylic acids is 1. The molecule has 0 aliphatic carbocycles. The summed E-state index contributed by atoms with van der Waals surface area (Å²) in [6.45, 7) is 1.92. The van der Waals surface area contributed by atoms with E-state index in [-0.39, 0.29) is 24.2 Å². The van der Waals surface area contributed by atoms with Gasteiger partial charge < -0.3 is 10.2 Å². The fourth-order valence-corrected chi connectivity index (χ4v) is 4.15. The Morgan fingerprint density at radius 1 is 1.12 bits per heavy atom. The molecule has 1 unspecified atom stereocenters. The van der Waals surface area contributed by atoms with Gasteiger partial charge in [-0.05, 0) is 35.9 Å². The third-order valence-electron chi connectivity index (χ3n) is 5.69. The maximum absolute atomic E-state index is 13.0. The van der Waals surface area contributed by atoms with Crippen molar-refractivity contribution in [3.63, 3.8) is 0 Å². The lowest BCUT2D eigenvalue weighted by Gasteiger charge is -2.19. The van der Waals surface area contributed by atoms with Crippen LogP contribution in [-0.4, -0.2) is 40.8 Å². The van der Waals surface area contributed by atoms with Crippen LogP contribution in [0.25, 0.3) is 16.6 Å². The van der Waals surface area contributed by atoms with Crippen LogP contribution >= 0.6 is 0 Å². The van der Waals surface area contributed by atoms with Crippen LogP contribution in [0.1, 0.15) is 28.7 Å². The molecule has 1 atom stereocenters. The van der Waals surface area contributed by atoms with Crippen LogP contribution in [0.2, 0.25) is 0 Å². The topological polar surface area (TPSA) is 113 Å². The standard InChI is InChI=1S/C24H20N8O2/c1-15-9-20(7-8-25-15)32-23-17(13-26-32)10-18-12-22(33)28-21(16-5-3-2-4-6-16)11-19-14-31(30-29-19)34-24(23)27-18/h2-10,13-14,21H,11-12H2,1H3,(H,28,33). The highest BCUT2D eigenvalue weighted by molar-refractivity contribution is 5.87. The van der Waals surface area contributed by atoms with Crippen molar-refractivity contribution >= 4 is 16.8 Å². The predicted octanol–water partition coefficient (Wildman–Crippen LogP) is 2.51. The van der Waals surface area contributed by atoms with Crippen LogP contribution in [0, 0.1) is 6.92 Å². The lowest BCUT2D eigenvalue weighted by atomic mass is 10.0. The van der Waals surface area contributed by atoms with E-state index < -0.39 is 0 Å². The van der Waals surface area contributed by atoms with E-state index >= 15 is 0 Å². The number of nitrogens with zero attached hydrogens (tertiary/aromatic N) is 7. The van der Waals surface area contributed by atoms with Crippen LogP contribution in [0.3, 0.4) is 0 Å². The molecule has 0 spiro atoms. The summed E-state index contributed by atoms with van der Waals surface area (Å²) < 4.78 is 1.74. The minimum absolute atomic E-state index is 0.0997. The highest BCUT2D eigenvalue weighted by atomic mass is 16.7. The second-order valence-electron chi connectivity index (χ2n) is 8.18. The van der Waals surface area contributed by atoms with Gasteiger partial charge in [0.25, 0.3) is 5.88 Å². The maximum atomic E-state index is 13.0. The Balaban J connectivity index is 1.45. The zero-order valence-corrected chi connectivity index (χ0v) is 18.3. The number of fused-ring (bicyclic) bond motifs is 6. The zero-order chi connectivity index (χ0) is 23.1. The highest BCUT2D eigenvalue weighted by Crippen LogP contribution is 2.28. The second-order valence-corrected chi connectivity index (χ2v) is 8.18. The van der Waals surface area contributed by atoms with E-state index in [2.05, 4.69) is 30.7 Å². The Hall–Kier alpha value is -4.60. The van der Waals surface area contributed by atoms with Crippen LogP contribution < -0.4 is 10.2 Å². The molecule has 1 aromatic carbocycles. The number of hydrogen-bond acceptors (Lipinski definition) is 7. The first kappa shape index (κ1) is 20.0. The number of benzene rings is 1. The number of nitrogens with one attached hydrogen (secondary N) is 1. The van der Waals surface area contributed by atoms with E-state index in [1.807, 2.05) is 55.5 Å². The van der Waals surface area contributed by atoms with Crippen molar-refractivity contribution in [2.24, 2.45) is 0 Å². The minimum atomic E-state index is -0.251. The molecule has 10 heteroatoms. The molecule has 168 valence electrons. The van der Waals surface area contributed by atoms with Crippen LogP contribution in [0.4, 0.5) is 0 Å². The van der Waals surface area contributed by atoms with Gasteiger partial charge in [0, 0.05) is 23.7 Å². The van der Waals surface area contributed by atoms with Gasteiger partial charge in [-0.15, -0.1) is 5.10 Å².